The molecule has 0 aromatic rings. The maximum atomic E-state index is 4.25. The molecular formula is C2H3ClZn. The van der Waals surface area contributed by atoms with Crippen molar-refractivity contribution in [2.45, 2.75) is 0 Å². The van der Waals surface area contributed by atoms with Crippen LogP contribution in [0.15, 0.2) is 6.58 Å². The van der Waals surface area contributed by atoms with Crippen molar-refractivity contribution >= 4 is 0 Å². The molecule has 0 amide bonds. The summed E-state index contributed by atoms with van der Waals surface area (Å²) in [6, 6.07) is 0. The molecule has 0 saturated carbocycles. The fourth-order valence-electron chi connectivity index (χ4n) is 0. The molecule has 0 spiro atoms. The van der Waals surface area contributed by atoms with Gasteiger partial charge in [-0.1, -0.05) is 0 Å². The van der Waals surface area contributed by atoms with E-state index >= 15 is 0 Å². The summed E-state index contributed by atoms with van der Waals surface area (Å²) in [5.74, 6) is 0. The normalized spacial score (nSPS) is 1.00. The van der Waals surface area contributed by atoms with E-state index in [2.05, 4.69) is 13.2 Å². The first-order valence-corrected chi connectivity index (χ1v) is 0.408. The Labute approximate surface area is 45.5 Å². The average Bonchev–Trinajstić information content (AvgIpc) is 1.00. The van der Waals surface area contributed by atoms with Crippen LogP contribution in [0, 0.1) is 6.58 Å². The van der Waals surface area contributed by atoms with E-state index in [4.69, 9.17) is 0 Å². The van der Waals surface area contributed by atoms with Gasteiger partial charge in [-0.05, 0) is 0 Å². The van der Waals surface area contributed by atoms with E-state index < -0.39 is 0 Å². The minimum absolute atomic E-state index is 0. The molecule has 0 rings (SSSR count). The van der Waals surface area contributed by atoms with Gasteiger partial charge in [-0.3, -0.25) is 6.58 Å². The van der Waals surface area contributed by atoms with Gasteiger partial charge in [0.15, 0.2) is 0 Å². The predicted octanol–water partition coefficient (Wildman–Crippen LogP) is -2.39. The third-order valence-corrected chi connectivity index (χ3v) is 0. The standard InChI is InChI=1S/C2H3.ClH.Zn/c1-2;;/h1H,2H2;1H;/q-1;;+2/p-1. The van der Waals surface area contributed by atoms with E-state index in [9.17, 15) is 0 Å². The summed E-state index contributed by atoms with van der Waals surface area (Å²) in [6.07, 6.45) is 0. The fourth-order valence-corrected chi connectivity index (χ4v) is 0. The van der Waals surface area contributed by atoms with Gasteiger partial charge in [0.2, 0.25) is 0 Å². The Morgan fingerprint density at radius 3 is 1.25 bits per heavy atom. The van der Waals surface area contributed by atoms with E-state index in [1.165, 1.54) is 0 Å². The monoisotopic (exact) mass is 126 g/mol. The van der Waals surface area contributed by atoms with Crippen molar-refractivity contribution in [3.63, 3.8) is 0 Å². The summed E-state index contributed by atoms with van der Waals surface area (Å²) in [4.78, 5) is 0. The third kappa shape index (κ3) is 17.0. The number of hydrogen-bond acceptors (Lipinski definition) is 0. The summed E-state index contributed by atoms with van der Waals surface area (Å²) in [6.45, 7) is 7.00. The van der Waals surface area contributed by atoms with Crippen molar-refractivity contribution in [1.82, 2.24) is 0 Å². The molecular weight excluding hydrogens is 125 g/mol. The van der Waals surface area contributed by atoms with Gasteiger partial charge in [-0.15, -0.1) is 0 Å². The molecule has 0 N–H and O–H groups in total. The molecule has 0 unspecified atom stereocenters. The Morgan fingerprint density at radius 2 is 1.25 bits per heavy atom. The van der Waals surface area contributed by atoms with Gasteiger partial charge in [0.25, 0.3) is 0 Å². The van der Waals surface area contributed by atoms with E-state index in [1.807, 2.05) is 0 Å². The van der Waals surface area contributed by atoms with E-state index in [1.54, 1.807) is 0 Å². The molecule has 4 heavy (non-hydrogen) atoms. The summed E-state index contributed by atoms with van der Waals surface area (Å²) in [5.41, 5.74) is 0. The molecule has 0 aliphatic heterocycles. The second-order valence-corrected chi connectivity index (χ2v) is 0. The zero-order chi connectivity index (χ0) is 2.00. The van der Waals surface area contributed by atoms with Crippen molar-refractivity contribution in [3.05, 3.63) is 13.2 Å². The van der Waals surface area contributed by atoms with Crippen LogP contribution in [-0.4, -0.2) is 0 Å². The first-order valence-electron chi connectivity index (χ1n) is 0.408. The SMILES string of the molecule is [CH-]=C.[Cl-].[Zn+2]. The van der Waals surface area contributed by atoms with Crippen molar-refractivity contribution in [3.8, 4) is 0 Å². The summed E-state index contributed by atoms with van der Waals surface area (Å²) < 4.78 is 0. The Balaban J connectivity index is -0.00000000500. The number of hydrogen-bond donors (Lipinski definition) is 0. The molecule has 0 nitrogen and oxygen atoms in total. The van der Waals surface area contributed by atoms with Crippen LogP contribution in [0.3, 0.4) is 0 Å². The van der Waals surface area contributed by atoms with Gasteiger partial charge in [-0.2, -0.15) is 0 Å². The molecule has 0 aliphatic carbocycles. The summed E-state index contributed by atoms with van der Waals surface area (Å²) in [7, 11) is 0. The first-order chi connectivity index (χ1) is 1.00. The minimum atomic E-state index is 0. The number of halogens is 1. The van der Waals surface area contributed by atoms with Crippen LogP contribution >= 0.6 is 0 Å². The first kappa shape index (κ1) is 22.7. The topological polar surface area (TPSA) is 0 Å². The molecule has 0 atom stereocenters. The van der Waals surface area contributed by atoms with Crippen molar-refractivity contribution < 1.29 is 31.9 Å². The fraction of sp³-hybridized carbons (Fsp3) is 0. The molecule has 0 saturated heterocycles. The van der Waals surface area contributed by atoms with Crippen LogP contribution in [-0.2, 0) is 19.5 Å². The zero-order valence-corrected chi connectivity index (χ0v) is 6.09. The molecule has 0 aliphatic rings. The Bertz CT molecular complexity index is 6.00. The molecule has 0 radical (unpaired) electrons. The predicted molar refractivity (Wildman–Crippen MR) is 9.93 cm³/mol. The van der Waals surface area contributed by atoms with Crippen LogP contribution in [0.2, 0.25) is 0 Å². The molecule has 0 aromatic carbocycles. The second-order valence-electron chi connectivity index (χ2n) is 0. The van der Waals surface area contributed by atoms with Crippen molar-refractivity contribution in [1.29, 1.82) is 0 Å². The molecule has 0 fully saturated rings. The molecule has 2 heteroatoms. The maximum absolute atomic E-state index is 4.25. The van der Waals surface area contributed by atoms with E-state index in [-0.39, 0.29) is 31.9 Å². The van der Waals surface area contributed by atoms with Crippen molar-refractivity contribution in [2.24, 2.45) is 0 Å². The second kappa shape index (κ2) is 60.3. The Morgan fingerprint density at radius 1 is 1.25 bits per heavy atom. The quantitative estimate of drug-likeness (QED) is 0.252. The van der Waals surface area contributed by atoms with Gasteiger partial charge in [0.1, 0.15) is 0 Å². The summed E-state index contributed by atoms with van der Waals surface area (Å²) >= 11 is 0. The largest absolute Gasteiger partial charge is 2.00 e. The van der Waals surface area contributed by atoms with Crippen molar-refractivity contribution in [2.75, 3.05) is 0 Å². The van der Waals surface area contributed by atoms with E-state index in [0.29, 0.717) is 0 Å². The minimum Gasteiger partial charge on any atom is -1.00 e. The van der Waals surface area contributed by atoms with Crippen LogP contribution in [0.1, 0.15) is 0 Å². The van der Waals surface area contributed by atoms with Gasteiger partial charge in [0.05, 0.1) is 0 Å². The van der Waals surface area contributed by atoms with E-state index in [0.717, 1.165) is 0 Å². The number of rotatable bonds is 0. The van der Waals surface area contributed by atoms with Crippen LogP contribution in [0.4, 0.5) is 0 Å². The molecule has 0 bridgehead atoms. The van der Waals surface area contributed by atoms with Crippen LogP contribution in [0.25, 0.3) is 0 Å². The third-order valence-electron chi connectivity index (χ3n) is 0. The zero-order valence-electron chi connectivity index (χ0n) is 2.37. The smallest absolute Gasteiger partial charge is 1.00 e. The summed E-state index contributed by atoms with van der Waals surface area (Å²) in [5, 5.41) is 0. The van der Waals surface area contributed by atoms with Gasteiger partial charge in [0, 0.05) is 0 Å². The van der Waals surface area contributed by atoms with Gasteiger partial charge >= 0.3 is 19.5 Å². The molecule has 0 aromatic heterocycles. The Hall–Kier alpha value is 0.653. The maximum Gasteiger partial charge on any atom is 2.00 e. The van der Waals surface area contributed by atoms with Gasteiger partial charge in [-0.25, -0.2) is 0 Å². The Kier molecular flexibility index (Phi) is 342. The molecule has 0 heterocycles. The average molecular weight is 128 g/mol. The van der Waals surface area contributed by atoms with Gasteiger partial charge < -0.3 is 19.0 Å². The van der Waals surface area contributed by atoms with Crippen LogP contribution < -0.4 is 12.4 Å². The van der Waals surface area contributed by atoms with Crippen LogP contribution in [0.5, 0.6) is 0 Å². The molecule has 20 valence electrons.